The predicted octanol–water partition coefficient (Wildman–Crippen LogP) is 5.05. The molecule has 0 saturated carbocycles. The van der Waals surface area contributed by atoms with E-state index in [0.717, 1.165) is 10.6 Å². The van der Waals surface area contributed by atoms with Gasteiger partial charge in [-0.15, -0.1) is 23.1 Å². The van der Waals surface area contributed by atoms with Crippen LogP contribution in [0.2, 0.25) is 0 Å². The maximum atomic E-state index is 12.3. The molecule has 0 radical (unpaired) electrons. The highest BCUT2D eigenvalue weighted by Gasteiger charge is 2.19. The number of thiazole rings is 1. The first-order valence-electron chi connectivity index (χ1n) is 8.73. The summed E-state index contributed by atoms with van der Waals surface area (Å²) in [6.45, 7) is 3.39. The minimum Gasteiger partial charge on any atom is -0.458 e. The molecule has 0 spiro atoms. The molecule has 1 aromatic heterocycles. The zero-order valence-corrected chi connectivity index (χ0v) is 17.2. The summed E-state index contributed by atoms with van der Waals surface area (Å²) >= 11 is 2.79. The molecule has 0 aliphatic rings. The Hall–Kier alpha value is -2.64. The normalized spacial score (nSPS) is 11.6. The van der Waals surface area contributed by atoms with Crippen molar-refractivity contribution in [1.82, 2.24) is 4.98 Å². The fraction of sp³-hybridized carbons (Fsp3) is 0.190. The second-order valence-corrected chi connectivity index (χ2v) is 8.24. The van der Waals surface area contributed by atoms with Gasteiger partial charge in [-0.2, -0.15) is 0 Å². The first kappa shape index (κ1) is 20.1. The molecule has 3 aromatic rings. The lowest BCUT2D eigenvalue weighted by molar-refractivity contribution is -0.144. The highest BCUT2D eigenvalue weighted by Crippen LogP contribution is 2.29. The Morgan fingerprint density at radius 2 is 1.75 bits per heavy atom. The molecule has 7 heteroatoms. The third kappa shape index (κ3) is 5.21. The van der Waals surface area contributed by atoms with Gasteiger partial charge in [0.05, 0.1) is 11.4 Å². The number of carbonyl (C=O) groups is 2. The van der Waals surface area contributed by atoms with Gasteiger partial charge in [0, 0.05) is 17.2 Å². The standard InChI is InChI=1S/C21H20N2O3S2/c1-15(28-19-11-7-4-8-12-19)20(25)26-13-17-14-27-21(22-17)23(16(2)24)18-9-5-3-6-10-18/h3-12,14-15H,13H2,1-2H3/t15-/m0/s1. The van der Waals surface area contributed by atoms with Crippen LogP contribution in [0.15, 0.2) is 70.9 Å². The number of rotatable bonds is 7. The summed E-state index contributed by atoms with van der Waals surface area (Å²) in [5.41, 5.74) is 1.37. The van der Waals surface area contributed by atoms with Gasteiger partial charge >= 0.3 is 5.97 Å². The number of ether oxygens (including phenoxy) is 1. The minimum absolute atomic E-state index is 0.0789. The zero-order valence-electron chi connectivity index (χ0n) is 15.6. The van der Waals surface area contributed by atoms with Crippen molar-refractivity contribution in [1.29, 1.82) is 0 Å². The molecule has 0 fully saturated rings. The van der Waals surface area contributed by atoms with Crippen LogP contribution in [0, 0.1) is 0 Å². The van der Waals surface area contributed by atoms with Gasteiger partial charge in [-0.05, 0) is 31.2 Å². The fourth-order valence-electron chi connectivity index (χ4n) is 2.48. The molecule has 0 bridgehead atoms. The molecule has 28 heavy (non-hydrogen) atoms. The lowest BCUT2D eigenvalue weighted by Gasteiger charge is -2.17. The van der Waals surface area contributed by atoms with E-state index in [9.17, 15) is 9.59 Å². The lowest BCUT2D eigenvalue weighted by Crippen LogP contribution is -2.22. The summed E-state index contributed by atoms with van der Waals surface area (Å²) in [5.74, 6) is -0.424. The Kier molecular flexibility index (Phi) is 6.84. The third-order valence-electron chi connectivity index (χ3n) is 3.81. The van der Waals surface area contributed by atoms with Gasteiger partial charge in [0.25, 0.3) is 0 Å². The van der Waals surface area contributed by atoms with E-state index in [1.165, 1.54) is 30.0 Å². The van der Waals surface area contributed by atoms with Crippen molar-refractivity contribution in [2.45, 2.75) is 30.6 Å². The molecule has 0 N–H and O–H groups in total. The average Bonchev–Trinajstić information content (AvgIpc) is 3.16. The molecule has 1 heterocycles. The van der Waals surface area contributed by atoms with E-state index in [1.807, 2.05) is 67.6 Å². The molecular weight excluding hydrogens is 392 g/mol. The van der Waals surface area contributed by atoms with Gasteiger partial charge in [0.1, 0.15) is 11.9 Å². The molecule has 144 valence electrons. The van der Waals surface area contributed by atoms with Crippen molar-refractivity contribution in [3.63, 3.8) is 0 Å². The monoisotopic (exact) mass is 412 g/mol. The van der Waals surface area contributed by atoms with E-state index in [1.54, 1.807) is 10.3 Å². The molecule has 0 aliphatic heterocycles. The van der Waals surface area contributed by atoms with E-state index in [-0.39, 0.29) is 23.7 Å². The average molecular weight is 413 g/mol. The number of anilines is 2. The van der Waals surface area contributed by atoms with Crippen molar-refractivity contribution < 1.29 is 14.3 Å². The molecular formula is C21H20N2O3S2. The van der Waals surface area contributed by atoms with E-state index >= 15 is 0 Å². The molecule has 3 rings (SSSR count). The fourth-order valence-corrected chi connectivity index (χ4v) is 4.24. The van der Waals surface area contributed by atoms with Gasteiger partial charge < -0.3 is 4.74 Å². The first-order valence-corrected chi connectivity index (χ1v) is 10.5. The molecule has 0 unspecified atom stereocenters. The molecule has 0 saturated heterocycles. The van der Waals surface area contributed by atoms with Crippen molar-refractivity contribution in [2.24, 2.45) is 0 Å². The van der Waals surface area contributed by atoms with Gasteiger partial charge in [-0.25, -0.2) is 4.98 Å². The summed E-state index contributed by atoms with van der Waals surface area (Å²) in [6.07, 6.45) is 0. The quantitative estimate of drug-likeness (QED) is 0.401. The van der Waals surface area contributed by atoms with Crippen LogP contribution in [0.1, 0.15) is 19.5 Å². The number of esters is 1. The zero-order chi connectivity index (χ0) is 19.9. The number of amides is 1. The maximum absolute atomic E-state index is 12.3. The van der Waals surface area contributed by atoms with Gasteiger partial charge in [0.2, 0.25) is 5.91 Å². The largest absolute Gasteiger partial charge is 0.458 e. The Balaban J connectivity index is 1.61. The Bertz CT molecular complexity index is 929. The number of aromatic nitrogens is 1. The summed E-state index contributed by atoms with van der Waals surface area (Å²) in [4.78, 5) is 31.4. The summed E-state index contributed by atoms with van der Waals surface area (Å²) in [7, 11) is 0. The van der Waals surface area contributed by atoms with E-state index < -0.39 is 0 Å². The predicted molar refractivity (Wildman–Crippen MR) is 113 cm³/mol. The van der Waals surface area contributed by atoms with Crippen LogP contribution in [0.5, 0.6) is 0 Å². The topological polar surface area (TPSA) is 59.5 Å². The van der Waals surface area contributed by atoms with Crippen LogP contribution in [0.3, 0.4) is 0 Å². The molecule has 2 aromatic carbocycles. The molecule has 5 nitrogen and oxygen atoms in total. The Morgan fingerprint density at radius 1 is 1.11 bits per heavy atom. The number of thioether (sulfide) groups is 1. The summed E-state index contributed by atoms with van der Waals surface area (Å²) in [5, 5.41) is 2.03. The van der Waals surface area contributed by atoms with Crippen molar-refractivity contribution in [3.8, 4) is 0 Å². The highest BCUT2D eigenvalue weighted by atomic mass is 32.2. The van der Waals surface area contributed by atoms with Crippen molar-refractivity contribution in [2.75, 3.05) is 4.90 Å². The maximum Gasteiger partial charge on any atom is 0.319 e. The Labute approximate surface area is 172 Å². The third-order valence-corrected chi connectivity index (χ3v) is 5.78. The van der Waals surface area contributed by atoms with Crippen molar-refractivity contribution in [3.05, 3.63) is 71.7 Å². The number of para-hydroxylation sites is 1. The second kappa shape index (κ2) is 9.52. The van der Waals surface area contributed by atoms with Gasteiger partial charge in [0.15, 0.2) is 5.13 Å². The first-order chi connectivity index (χ1) is 13.5. The van der Waals surface area contributed by atoms with Gasteiger partial charge in [-0.1, -0.05) is 36.4 Å². The smallest absolute Gasteiger partial charge is 0.319 e. The van der Waals surface area contributed by atoms with Gasteiger partial charge in [-0.3, -0.25) is 14.5 Å². The van der Waals surface area contributed by atoms with Crippen LogP contribution < -0.4 is 4.90 Å². The van der Waals surface area contributed by atoms with Crippen molar-refractivity contribution >= 4 is 45.8 Å². The van der Waals surface area contributed by atoms with Crippen LogP contribution in [0.4, 0.5) is 10.8 Å². The number of nitrogens with zero attached hydrogens (tertiary/aromatic N) is 2. The highest BCUT2D eigenvalue weighted by molar-refractivity contribution is 8.00. The summed E-state index contributed by atoms with van der Waals surface area (Å²) < 4.78 is 5.40. The van der Waals surface area contributed by atoms with Crippen LogP contribution >= 0.6 is 23.1 Å². The van der Waals surface area contributed by atoms with E-state index in [0.29, 0.717) is 10.8 Å². The van der Waals surface area contributed by atoms with Crippen LogP contribution in [-0.2, 0) is 20.9 Å². The van der Waals surface area contributed by atoms with E-state index in [2.05, 4.69) is 4.98 Å². The SMILES string of the molecule is CC(=O)N(c1ccccc1)c1nc(COC(=O)[C@H](C)Sc2ccccc2)cs1. The molecule has 1 atom stereocenters. The molecule has 1 amide bonds. The van der Waals surface area contributed by atoms with Crippen LogP contribution in [-0.4, -0.2) is 22.1 Å². The number of hydrogen-bond acceptors (Lipinski definition) is 6. The lowest BCUT2D eigenvalue weighted by atomic mass is 10.3. The number of carbonyl (C=O) groups excluding carboxylic acids is 2. The minimum atomic E-state index is -0.321. The second-order valence-electron chi connectivity index (χ2n) is 5.99. The number of benzene rings is 2. The molecule has 0 aliphatic carbocycles. The number of hydrogen-bond donors (Lipinski definition) is 0. The summed E-state index contributed by atoms with van der Waals surface area (Å²) in [6, 6.07) is 19.1. The Morgan fingerprint density at radius 3 is 2.39 bits per heavy atom. The van der Waals surface area contributed by atoms with E-state index in [4.69, 9.17) is 4.74 Å². The van der Waals surface area contributed by atoms with Crippen LogP contribution in [0.25, 0.3) is 0 Å².